The molecule has 0 bridgehead atoms. The van der Waals surface area contributed by atoms with E-state index in [1.807, 2.05) is 16.8 Å². The molecule has 0 amide bonds. The lowest BCUT2D eigenvalue weighted by Gasteiger charge is -2.16. The zero-order chi connectivity index (χ0) is 13.6. The van der Waals surface area contributed by atoms with Gasteiger partial charge in [-0.2, -0.15) is 0 Å². The molecule has 0 aliphatic heterocycles. The Morgan fingerprint density at radius 1 is 1.47 bits per heavy atom. The van der Waals surface area contributed by atoms with Gasteiger partial charge in [0.25, 0.3) is 0 Å². The monoisotopic (exact) mass is 260 g/mol. The Labute approximate surface area is 110 Å². The lowest BCUT2D eigenvalue weighted by atomic mass is 10.0. The molecular formula is C13H16N4O2. The highest BCUT2D eigenvalue weighted by molar-refractivity contribution is 5.86. The van der Waals surface area contributed by atoms with Crippen LogP contribution in [0.15, 0.2) is 30.7 Å². The SMILES string of the molecule is C=C1[C@H](CO)[C@@H](O)C[C@@H]1n1ccc2c(N)ncnc21. The predicted molar refractivity (Wildman–Crippen MR) is 71.3 cm³/mol. The molecule has 0 saturated heterocycles. The van der Waals surface area contributed by atoms with Gasteiger partial charge in [0.1, 0.15) is 17.8 Å². The Hall–Kier alpha value is -1.92. The first-order valence-electron chi connectivity index (χ1n) is 6.18. The minimum absolute atomic E-state index is 0.0704. The summed E-state index contributed by atoms with van der Waals surface area (Å²) in [6, 6.07) is 1.79. The van der Waals surface area contributed by atoms with Crippen molar-refractivity contribution in [1.82, 2.24) is 14.5 Å². The van der Waals surface area contributed by atoms with Crippen molar-refractivity contribution < 1.29 is 10.2 Å². The summed E-state index contributed by atoms with van der Waals surface area (Å²) < 4.78 is 1.94. The third-order valence-electron chi connectivity index (χ3n) is 3.91. The predicted octanol–water partition coefficient (Wildman–Crippen LogP) is 0.484. The molecule has 1 aliphatic rings. The molecule has 0 spiro atoms. The number of nitrogens with zero attached hydrogens (tertiary/aromatic N) is 3. The second-order valence-corrected chi connectivity index (χ2v) is 4.90. The second-order valence-electron chi connectivity index (χ2n) is 4.90. The van der Waals surface area contributed by atoms with Crippen LogP contribution in [0.4, 0.5) is 5.82 Å². The molecule has 2 aromatic rings. The largest absolute Gasteiger partial charge is 0.396 e. The number of hydrogen-bond acceptors (Lipinski definition) is 5. The molecule has 100 valence electrons. The van der Waals surface area contributed by atoms with Gasteiger partial charge in [0.2, 0.25) is 0 Å². The fourth-order valence-corrected chi connectivity index (χ4v) is 2.81. The van der Waals surface area contributed by atoms with Gasteiger partial charge in [0.15, 0.2) is 0 Å². The van der Waals surface area contributed by atoms with Gasteiger partial charge < -0.3 is 20.5 Å². The van der Waals surface area contributed by atoms with E-state index in [1.54, 1.807) is 0 Å². The van der Waals surface area contributed by atoms with E-state index < -0.39 is 6.10 Å². The first kappa shape index (κ1) is 12.1. The zero-order valence-electron chi connectivity index (χ0n) is 10.4. The number of anilines is 1. The summed E-state index contributed by atoms with van der Waals surface area (Å²) in [4.78, 5) is 8.20. The van der Waals surface area contributed by atoms with Crippen LogP contribution in [0.25, 0.3) is 11.0 Å². The standard InChI is InChI=1S/C13H16N4O2/c1-7-9(5-18)11(19)4-10(7)17-3-2-8-12(14)15-6-16-13(8)17/h2-3,6,9-11,18-19H,1,4-5H2,(H2,14,15,16)/t9-,10-,11-/m0/s1. The Kier molecular flexibility index (Phi) is 2.76. The highest BCUT2D eigenvalue weighted by atomic mass is 16.3. The van der Waals surface area contributed by atoms with Gasteiger partial charge in [0, 0.05) is 12.1 Å². The van der Waals surface area contributed by atoms with E-state index in [0.717, 1.165) is 16.6 Å². The van der Waals surface area contributed by atoms with Crippen molar-refractivity contribution in [3.63, 3.8) is 0 Å². The maximum absolute atomic E-state index is 9.96. The van der Waals surface area contributed by atoms with Crippen LogP contribution in [-0.4, -0.2) is 37.5 Å². The molecule has 4 N–H and O–H groups in total. The highest BCUT2D eigenvalue weighted by Crippen LogP contribution is 2.40. The van der Waals surface area contributed by atoms with E-state index in [0.29, 0.717) is 12.2 Å². The first-order valence-corrected chi connectivity index (χ1v) is 6.18. The molecule has 6 heteroatoms. The Morgan fingerprint density at radius 2 is 2.26 bits per heavy atom. The van der Waals surface area contributed by atoms with Crippen molar-refractivity contribution in [2.24, 2.45) is 5.92 Å². The van der Waals surface area contributed by atoms with Gasteiger partial charge in [-0.1, -0.05) is 6.58 Å². The Bertz CT molecular complexity index is 637. The topological polar surface area (TPSA) is 97.2 Å². The van der Waals surface area contributed by atoms with Crippen molar-refractivity contribution in [2.75, 3.05) is 12.3 Å². The summed E-state index contributed by atoms with van der Waals surface area (Å²) in [5.41, 5.74) is 7.36. The normalized spacial score (nSPS) is 27.3. The number of hydrogen-bond donors (Lipinski definition) is 3. The number of aliphatic hydroxyl groups excluding tert-OH is 2. The van der Waals surface area contributed by atoms with Gasteiger partial charge in [0.05, 0.1) is 24.1 Å². The van der Waals surface area contributed by atoms with Gasteiger partial charge in [-0.05, 0) is 18.1 Å². The minimum Gasteiger partial charge on any atom is -0.396 e. The Balaban J connectivity index is 2.06. The van der Waals surface area contributed by atoms with Crippen LogP contribution >= 0.6 is 0 Å². The van der Waals surface area contributed by atoms with Crippen LogP contribution in [0.2, 0.25) is 0 Å². The molecule has 3 rings (SSSR count). The van der Waals surface area contributed by atoms with Crippen LogP contribution in [0.3, 0.4) is 0 Å². The van der Waals surface area contributed by atoms with E-state index in [9.17, 15) is 10.2 Å². The van der Waals surface area contributed by atoms with Crippen LogP contribution in [0.5, 0.6) is 0 Å². The van der Waals surface area contributed by atoms with E-state index in [-0.39, 0.29) is 18.6 Å². The average Bonchev–Trinajstić information content (AvgIpc) is 2.92. The van der Waals surface area contributed by atoms with E-state index in [1.165, 1.54) is 6.33 Å². The van der Waals surface area contributed by atoms with E-state index in [2.05, 4.69) is 16.5 Å². The van der Waals surface area contributed by atoms with Gasteiger partial charge in [-0.25, -0.2) is 9.97 Å². The number of aliphatic hydroxyl groups is 2. The van der Waals surface area contributed by atoms with Crippen LogP contribution in [0.1, 0.15) is 12.5 Å². The molecule has 1 aliphatic carbocycles. The summed E-state index contributed by atoms with van der Waals surface area (Å²) in [5, 5.41) is 20.1. The van der Waals surface area contributed by atoms with Crippen molar-refractivity contribution in [3.05, 3.63) is 30.7 Å². The number of nitrogen functional groups attached to an aromatic ring is 1. The summed E-state index contributed by atoms with van der Waals surface area (Å²) >= 11 is 0. The quantitative estimate of drug-likeness (QED) is 0.682. The van der Waals surface area contributed by atoms with Crippen LogP contribution in [-0.2, 0) is 0 Å². The molecule has 0 aromatic carbocycles. The lowest BCUT2D eigenvalue weighted by molar-refractivity contribution is 0.101. The molecular weight excluding hydrogens is 244 g/mol. The maximum atomic E-state index is 9.96. The van der Waals surface area contributed by atoms with Crippen molar-refractivity contribution in [3.8, 4) is 0 Å². The van der Waals surface area contributed by atoms with E-state index >= 15 is 0 Å². The number of fused-ring (bicyclic) bond motifs is 1. The van der Waals surface area contributed by atoms with Gasteiger partial charge >= 0.3 is 0 Å². The molecule has 2 heterocycles. The van der Waals surface area contributed by atoms with Gasteiger partial charge in [-0.3, -0.25) is 0 Å². The summed E-state index contributed by atoms with van der Waals surface area (Å²) in [7, 11) is 0. The van der Waals surface area contributed by atoms with Crippen molar-refractivity contribution >= 4 is 16.9 Å². The molecule has 1 fully saturated rings. The third kappa shape index (κ3) is 1.72. The highest BCUT2D eigenvalue weighted by Gasteiger charge is 2.37. The smallest absolute Gasteiger partial charge is 0.146 e. The fourth-order valence-electron chi connectivity index (χ4n) is 2.81. The maximum Gasteiger partial charge on any atom is 0.146 e. The summed E-state index contributed by atoms with van der Waals surface area (Å²) in [6.45, 7) is 3.92. The molecule has 3 atom stereocenters. The zero-order valence-corrected chi connectivity index (χ0v) is 10.4. The van der Waals surface area contributed by atoms with Crippen LogP contribution in [0, 0.1) is 5.92 Å². The number of nitrogens with two attached hydrogens (primary N) is 1. The Morgan fingerprint density at radius 3 is 2.95 bits per heavy atom. The molecule has 2 aromatic heterocycles. The third-order valence-corrected chi connectivity index (χ3v) is 3.91. The van der Waals surface area contributed by atoms with Crippen LogP contribution < -0.4 is 5.73 Å². The number of aromatic nitrogens is 3. The lowest BCUT2D eigenvalue weighted by Crippen LogP contribution is -2.17. The molecule has 19 heavy (non-hydrogen) atoms. The van der Waals surface area contributed by atoms with E-state index in [4.69, 9.17) is 5.73 Å². The minimum atomic E-state index is -0.570. The van der Waals surface area contributed by atoms with Crippen molar-refractivity contribution in [1.29, 1.82) is 0 Å². The summed E-state index contributed by atoms with van der Waals surface area (Å²) in [5.74, 6) is 0.160. The molecule has 6 nitrogen and oxygen atoms in total. The fraction of sp³-hybridized carbons (Fsp3) is 0.385. The van der Waals surface area contributed by atoms with Gasteiger partial charge in [-0.15, -0.1) is 0 Å². The molecule has 0 radical (unpaired) electrons. The average molecular weight is 260 g/mol. The second kappa shape index (κ2) is 4.32. The molecule has 1 saturated carbocycles. The molecule has 0 unspecified atom stereocenters. The number of rotatable bonds is 2. The summed E-state index contributed by atoms with van der Waals surface area (Å²) in [6.07, 6.45) is 3.25. The van der Waals surface area contributed by atoms with Crippen molar-refractivity contribution in [2.45, 2.75) is 18.6 Å². The first-order chi connectivity index (χ1) is 9.13.